The van der Waals surface area contributed by atoms with Gasteiger partial charge in [0.25, 0.3) is 0 Å². The van der Waals surface area contributed by atoms with Gasteiger partial charge < -0.3 is 25.0 Å². The van der Waals surface area contributed by atoms with Gasteiger partial charge in [-0.15, -0.1) is 11.8 Å². The van der Waals surface area contributed by atoms with Crippen LogP contribution in [0.15, 0.2) is 41.3 Å². The van der Waals surface area contributed by atoms with Crippen LogP contribution < -0.4 is 10.6 Å². The van der Waals surface area contributed by atoms with Crippen LogP contribution in [0.2, 0.25) is 0 Å². The van der Waals surface area contributed by atoms with Crippen LogP contribution in [0.25, 0.3) is 0 Å². The van der Waals surface area contributed by atoms with Crippen molar-refractivity contribution in [1.29, 1.82) is 0 Å². The number of hydrogen-bond acceptors (Lipinski definition) is 6. The topological polar surface area (TPSA) is 97.0 Å². The number of thioether (sulfide) groups is 1. The predicted molar refractivity (Wildman–Crippen MR) is 147 cm³/mol. The van der Waals surface area contributed by atoms with Crippen molar-refractivity contribution in [2.45, 2.75) is 87.2 Å². The van der Waals surface area contributed by atoms with Crippen molar-refractivity contribution in [2.75, 3.05) is 24.7 Å². The molecule has 0 unspecified atom stereocenters. The molecule has 5 rings (SSSR count). The van der Waals surface area contributed by atoms with E-state index in [1.165, 1.54) is 6.42 Å². The highest BCUT2D eigenvalue weighted by Crippen LogP contribution is 2.55. The number of nitrogens with one attached hydrogen (secondary N) is 2. The van der Waals surface area contributed by atoms with Crippen LogP contribution in [0, 0.1) is 11.8 Å². The van der Waals surface area contributed by atoms with Gasteiger partial charge in [0.05, 0.1) is 24.0 Å². The molecule has 2 N–H and O–H groups in total. The lowest BCUT2D eigenvalue weighted by atomic mass is 9.74. The molecule has 1 saturated carbocycles. The molecule has 0 radical (unpaired) electrons. The molecule has 1 aromatic carbocycles. The van der Waals surface area contributed by atoms with E-state index in [0.717, 1.165) is 30.6 Å². The van der Waals surface area contributed by atoms with Crippen LogP contribution in [-0.4, -0.2) is 71.9 Å². The number of amides is 3. The number of nitrogens with zero attached hydrogens (tertiary/aromatic N) is 1. The zero-order valence-electron chi connectivity index (χ0n) is 22.5. The Labute approximate surface area is 229 Å². The first-order valence-electron chi connectivity index (χ1n) is 13.9. The summed E-state index contributed by atoms with van der Waals surface area (Å²) in [6.07, 6.45) is 11.1. The largest absolute Gasteiger partial charge is 0.379 e. The van der Waals surface area contributed by atoms with E-state index in [4.69, 9.17) is 9.47 Å². The number of hydrogen-bond donors (Lipinski definition) is 2. The fourth-order valence-electron chi connectivity index (χ4n) is 6.52. The minimum Gasteiger partial charge on any atom is -0.379 e. The van der Waals surface area contributed by atoms with Crippen molar-refractivity contribution >= 4 is 35.2 Å². The van der Waals surface area contributed by atoms with Gasteiger partial charge in [0.15, 0.2) is 0 Å². The summed E-state index contributed by atoms with van der Waals surface area (Å²) in [6.45, 7) is 4.81. The van der Waals surface area contributed by atoms with Crippen molar-refractivity contribution in [1.82, 2.24) is 10.2 Å². The van der Waals surface area contributed by atoms with E-state index in [1.54, 1.807) is 16.7 Å². The van der Waals surface area contributed by atoms with Gasteiger partial charge in [0.2, 0.25) is 17.7 Å². The molecule has 3 amide bonds. The third-order valence-corrected chi connectivity index (χ3v) is 8.93. The Hall–Kier alpha value is -2.36. The molecule has 4 aliphatic rings. The number of likely N-dealkylation sites (tertiary alicyclic amines) is 1. The first-order valence-corrected chi connectivity index (χ1v) is 15.1. The Kier molecular flexibility index (Phi) is 8.16. The van der Waals surface area contributed by atoms with Crippen LogP contribution >= 0.6 is 11.8 Å². The molecule has 0 aromatic heterocycles. The summed E-state index contributed by atoms with van der Waals surface area (Å²) in [5.74, 6) is -2.07. The van der Waals surface area contributed by atoms with Gasteiger partial charge in [-0.3, -0.25) is 14.4 Å². The summed E-state index contributed by atoms with van der Waals surface area (Å²) >= 11 is 1.60. The van der Waals surface area contributed by atoms with Gasteiger partial charge >= 0.3 is 0 Å². The van der Waals surface area contributed by atoms with Crippen LogP contribution in [-0.2, 0) is 23.9 Å². The third kappa shape index (κ3) is 5.12. The Bertz CT molecular complexity index is 1090. The standard InChI is InChI=1S/C29H39N3O5S/c1-18(2)36-16-8-15-32-25(27(34)30-19-9-5-4-6-10-19)29-14-13-22(37-29)23(24(29)28(32)35)26(33)31-20-11-7-12-21(17-20)38-3/h7,11-14,17-19,22-25H,4-6,8-10,15-16H2,1-3H3,(H,30,34)(H,31,33)/t22-,23-,24-,25-,29-/m0/s1. The highest BCUT2D eigenvalue weighted by molar-refractivity contribution is 7.98. The number of ether oxygens (including phenoxy) is 2. The van der Waals surface area contributed by atoms with E-state index in [9.17, 15) is 14.4 Å². The minimum atomic E-state index is -1.14. The molecular formula is C29H39N3O5S. The first-order chi connectivity index (χ1) is 18.3. The van der Waals surface area contributed by atoms with Crippen LogP contribution in [0.1, 0.15) is 52.4 Å². The second-order valence-electron chi connectivity index (χ2n) is 11.1. The van der Waals surface area contributed by atoms with Crippen LogP contribution in [0.5, 0.6) is 0 Å². The first kappa shape index (κ1) is 27.2. The number of carbonyl (C=O) groups is 3. The average molecular weight is 542 g/mol. The summed E-state index contributed by atoms with van der Waals surface area (Å²) in [7, 11) is 0. The minimum absolute atomic E-state index is 0.0900. The quantitative estimate of drug-likeness (QED) is 0.266. The molecule has 5 atom stereocenters. The van der Waals surface area contributed by atoms with E-state index < -0.39 is 29.6 Å². The lowest BCUT2D eigenvalue weighted by Gasteiger charge is -2.34. The van der Waals surface area contributed by atoms with Gasteiger partial charge in [-0.25, -0.2) is 0 Å². The molecule has 1 aromatic rings. The number of carbonyl (C=O) groups excluding carboxylic acids is 3. The molecule has 8 nitrogen and oxygen atoms in total. The molecule has 3 fully saturated rings. The van der Waals surface area contributed by atoms with E-state index in [-0.39, 0.29) is 29.9 Å². The summed E-state index contributed by atoms with van der Waals surface area (Å²) in [5, 5.41) is 6.23. The average Bonchev–Trinajstić information content (AvgIpc) is 3.54. The van der Waals surface area contributed by atoms with Gasteiger partial charge in [0, 0.05) is 29.8 Å². The monoisotopic (exact) mass is 541 g/mol. The fraction of sp³-hybridized carbons (Fsp3) is 0.621. The lowest BCUT2D eigenvalue weighted by molar-refractivity contribution is -0.141. The second-order valence-corrected chi connectivity index (χ2v) is 12.0. The summed E-state index contributed by atoms with van der Waals surface area (Å²) in [6, 6.07) is 6.94. The van der Waals surface area contributed by atoms with E-state index in [0.29, 0.717) is 25.3 Å². The Morgan fingerprint density at radius 1 is 1.21 bits per heavy atom. The fourth-order valence-corrected chi connectivity index (χ4v) is 6.97. The molecular weight excluding hydrogens is 502 g/mol. The summed E-state index contributed by atoms with van der Waals surface area (Å²) < 4.78 is 12.1. The Balaban J connectivity index is 1.39. The molecule has 38 heavy (non-hydrogen) atoms. The zero-order valence-corrected chi connectivity index (χ0v) is 23.3. The third-order valence-electron chi connectivity index (χ3n) is 8.21. The van der Waals surface area contributed by atoms with Gasteiger partial charge in [0.1, 0.15) is 11.6 Å². The second kappa shape index (κ2) is 11.4. The van der Waals surface area contributed by atoms with Crippen molar-refractivity contribution in [3.63, 3.8) is 0 Å². The highest BCUT2D eigenvalue weighted by atomic mass is 32.2. The molecule has 1 spiro atoms. The molecule has 3 heterocycles. The maximum atomic E-state index is 14.0. The SMILES string of the molecule is CSc1cccc(NC(=O)[C@H]2[C@@H]3C=C[C@]4(O3)[C@@H]2C(=O)N(CCCOC(C)C)[C@H]4C(=O)NC2CCCCC2)c1. The predicted octanol–water partition coefficient (Wildman–Crippen LogP) is 3.76. The van der Waals surface area contributed by atoms with E-state index in [1.807, 2.05) is 56.5 Å². The maximum absolute atomic E-state index is 14.0. The highest BCUT2D eigenvalue weighted by Gasteiger charge is 2.72. The van der Waals surface area contributed by atoms with Crippen molar-refractivity contribution in [2.24, 2.45) is 11.8 Å². The van der Waals surface area contributed by atoms with Crippen molar-refractivity contribution < 1.29 is 23.9 Å². The maximum Gasteiger partial charge on any atom is 0.246 e. The van der Waals surface area contributed by atoms with Gasteiger partial charge in [-0.05, 0) is 57.6 Å². The van der Waals surface area contributed by atoms with Gasteiger partial charge in [-0.1, -0.05) is 37.5 Å². The molecule has 1 aliphatic carbocycles. The normalized spacial score (nSPS) is 30.2. The number of fused-ring (bicyclic) bond motifs is 1. The molecule has 206 valence electrons. The van der Waals surface area contributed by atoms with Crippen LogP contribution in [0.3, 0.4) is 0 Å². The number of anilines is 1. The Morgan fingerprint density at radius 2 is 2.00 bits per heavy atom. The number of rotatable bonds is 10. The van der Waals surface area contributed by atoms with E-state index >= 15 is 0 Å². The Morgan fingerprint density at radius 3 is 2.74 bits per heavy atom. The summed E-state index contributed by atoms with van der Waals surface area (Å²) in [4.78, 5) is 44.1. The number of benzene rings is 1. The summed E-state index contributed by atoms with van der Waals surface area (Å²) in [5.41, 5.74) is -0.454. The van der Waals surface area contributed by atoms with Crippen molar-refractivity contribution in [3.8, 4) is 0 Å². The van der Waals surface area contributed by atoms with Crippen molar-refractivity contribution in [3.05, 3.63) is 36.4 Å². The zero-order chi connectivity index (χ0) is 26.9. The molecule has 9 heteroatoms. The molecule has 3 aliphatic heterocycles. The van der Waals surface area contributed by atoms with Crippen LogP contribution in [0.4, 0.5) is 5.69 Å². The molecule has 2 bridgehead atoms. The lowest BCUT2D eigenvalue weighted by Crippen LogP contribution is -2.56. The molecule has 2 saturated heterocycles. The van der Waals surface area contributed by atoms with E-state index in [2.05, 4.69) is 10.6 Å². The smallest absolute Gasteiger partial charge is 0.246 e. The van der Waals surface area contributed by atoms with Gasteiger partial charge in [-0.2, -0.15) is 0 Å².